The van der Waals surface area contributed by atoms with Gasteiger partial charge in [-0.3, -0.25) is 4.79 Å². The lowest BCUT2D eigenvalue weighted by atomic mass is 10.2. The molecular formula is C16H13BrClFN6O3. The maximum absolute atomic E-state index is 13.8. The van der Waals surface area contributed by atoms with Crippen molar-refractivity contribution in [3.8, 4) is 23.0 Å². The molecule has 146 valence electrons. The van der Waals surface area contributed by atoms with Gasteiger partial charge in [0.1, 0.15) is 5.75 Å². The molecule has 0 saturated heterocycles. The second kappa shape index (κ2) is 8.59. The van der Waals surface area contributed by atoms with Crippen LogP contribution in [-0.4, -0.2) is 42.3 Å². The summed E-state index contributed by atoms with van der Waals surface area (Å²) < 4.78 is 19.8. The van der Waals surface area contributed by atoms with E-state index in [0.29, 0.717) is 21.6 Å². The number of aliphatic carboxylic acids is 1. The molecule has 0 aliphatic rings. The Balaban J connectivity index is 1.75. The van der Waals surface area contributed by atoms with Gasteiger partial charge in [0.05, 0.1) is 18.0 Å². The van der Waals surface area contributed by atoms with E-state index in [1.807, 2.05) is 0 Å². The van der Waals surface area contributed by atoms with Gasteiger partial charge in [-0.2, -0.15) is 4.80 Å². The van der Waals surface area contributed by atoms with Gasteiger partial charge in [0.25, 0.3) is 5.88 Å². The zero-order valence-corrected chi connectivity index (χ0v) is 16.4. The second-order valence-corrected chi connectivity index (χ2v) is 7.00. The molecule has 0 spiro atoms. The average molecular weight is 472 g/mol. The molecule has 3 aromatic rings. The average Bonchev–Trinajstić information content (AvgIpc) is 3.04. The molecule has 28 heavy (non-hydrogen) atoms. The number of hydrogen-bond donors (Lipinski definition) is 2. The van der Waals surface area contributed by atoms with E-state index < -0.39 is 17.8 Å². The van der Waals surface area contributed by atoms with Crippen molar-refractivity contribution in [2.45, 2.75) is 19.0 Å². The number of benzene rings is 1. The van der Waals surface area contributed by atoms with E-state index >= 15 is 0 Å². The molecule has 1 aromatic carbocycles. The van der Waals surface area contributed by atoms with Crippen molar-refractivity contribution in [3.05, 3.63) is 45.8 Å². The van der Waals surface area contributed by atoms with Crippen LogP contribution in [0.1, 0.15) is 6.42 Å². The van der Waals surface area contributed by atoms with Crippen molar-refractivity contribution in [2.75, 3.05) is 0 Å². The molecule has 3 rings (SSSR count). The second-order valence-electron chi connectivity index (χ2n) is 5.71. The molecular weight excluding hydrogens is 459 g/mol. The number of tetrazole rings is 1. The van der Waals surface area contributed by atoms with Gasteiger partial charge >= 0.3 is 5.97 Å². The molecule has 2 aromatic heterocycles. The highest BCUT2D eigenvalue weighted by Gasteiger charge is 2.15. The summed E-state index contributed by atoms with van der Waals surface area (Å²) in [6.45, 7) is 0.111. The summed E-state index contributed by atoms with van der Waals surface area (Å²) in [5, 5.41) is 20.9. The summed E-state index contributed by atoms with van der Waals surface area (Å²) in [7, 11) is 0. The Morgan fingerprint density at radius 3 is 2.89 bits per heavy atom. The van der Waals surface area contributed by atoms with Crippen LogP contribution in [0.3, 0.4) is 0 Å². The van der Waals surface area contributed by atoms with Gasteiger partial charge in [0.15, 0.2) is 5.82 Å². The van der Waals surface area contributed by atoms with Crippen LogP contribution < -0.4 is 10.5 Å². The van der Waals surface area contributed by atoms with Gasteiger partial charge < -0.3 is 15.6 Å². The van der Waals surface area contributed by atoms with E-state index in [4.69, 9.17) is 27.2 Å². The number of nitrogens with zero attached hydrogens (tertiary/aromatic N) is 5. The monoisotopic (exact) mass is 470 g/mol. The number of carboxylic acid groups (broad SMARTS) is 1. The van der Waals surface area contributed by atoms with E-state index in [1.165, 1.54) is 11.0 Å². The smallest absolute Gasteiger partial charge is 0.304 e. The van der Waals surface area contributed by atoms with Gasteiger partial charge in [-0.15, -0.1) is 10.2 Å². The first kappa shape index (κ1) is 20.1. The Hall–Kier alpha value is -2.63. The predicted octanol–water partition coefficient (Wildman–Crippen LogP) is 2.88. The van der Waals surface area contributed by atoms with Crippen LogP contribution in [0.15, 0.2) is 34.9 Å². The molecule has 0 aliphatic heterocycles. The molecule has 0 saturated carbocycles. The van der Waals surface area contributed by atoms with E-state index in [0.717, 1.165) is 6.07 Å². The SMILES string of the molecule is NC(CC(=O)O)Cn1nnc(-c2ccc(Oc3ncc(Cl)cc3F)cc2Br)n1. The third kappa shape index (κ3) is 5.00. The fraction of sp³-hybridized carbons (Fsp3) is 0.188. The van der Waals surface area contributed by atoms with E-state index in [2.05, 4.69) is 36.3 Å². The van der Waals surface area contributed by atoms with Crippen molar-refractivity contribution >= 4 is 33.5 Å². The van der Waals surface area contributed by atoms with Gasteiger partial charge in [-0.25, -0.2) is 9.37 Å². The molecule has 1 atom stereocenters. The number of ether oxygens (including phenoxy) is 1. The Labute approximate surface area is 171 Å². The molecule has 0 amide bonds. The lowest BCUT2D eigenvalue weighted by molar-refractivity contribution is -0.137. The minimum absolute atomic E-state index is 0.111. The molecule has 0 aliphatic carbocycles. The van der Waals surface area contributed by atoms with Gasteiger partial charge in [-0.05, 0) is 45.4 Å². The lowest BCUT2D eigenvalue weighted by Crippen LogP contribution is -2.30. The summed E-state index contributed by atoms with van der Waals surface area (Å²) in [6, 6.07) is 5.31. The van der Waals surface area contributed by atoms with Crippen molar-refractivity contribution < 1.29 is 19.0 Å². The zero-order valence-electron chi connectivity index (χ0n) is 14.1. The maximum atomic E-state index is 13.8. The van der Waals surface area contributed by atoms with Crippen LogP contribution in [0.5, 0.6) is 11.6 Å². The standard InChI is InChI=1S/C16H13BrClFN6O3/c17-12-5-10(28-16-13(19)3-8(18)6-21-16)1-2-11(12)15-22-24-25(23-15)7-9(20)4-14(26)27/h1-3,5-6,9H,4,7,20H2,(H,26,27). The lowest BCUT2D eigenvalue weighted by Gasteiger charge is -2.08. The summed E-state index contributed by atoms with van der Waals surface area (Å²) in [5.74, 6) is -1.26. The first-order valence-electron chi connectivity index (χ1n) is 7.86. The Morgan fingerprint density at radius 1 is 1.43 bits per heavy atom. The van der Waals surface area contributed by atoms with Crippen LogP contribution in [0.25, 0.3) is 11.4 Å². The molecule has 3 N–H and O–H groups in total. The predicted molar refractivity (Wildman–Crippen MR) is 100 cm³/mol. The summed E-state index contributed by atoms with van der Waals surface area (Å²) in [4.78, 5) is 15.7. The minimum Gasteiger partial charge on any atom is -0.481 e. The first-order valence-corrected chi connectivity index (χ1v) is 9.03. The number of nitrogens with two attached hydrogens (primary N) is 1. The third-order valence-corrected chi connectivity index (χ3v) is 4.32. The number of halogens is 3. The maximum Gasteiger partial charge on any atom is 0.304 e. The summed E-state index contributed by atoms with van der Waals surface area (Å²) in [6.07, 6.45) is 1.07. The Morgan fingerprint density at radius 2 is 2.21 bits per heavy atom. The van der Waals surface area contributed by atoms with Gasteiger partial charge in [0, 0.05) is 22.3 Å². The largest absolute Gasteiger partial charge is 0.481 e. The molecule has 9 nitrogen and oxygen atoms in total. The van der Waals surface area contributed by atoms with E-state index in [-0.39, 0.29) is 23.9 Å². The molecule has 2 heterocycles. The van der Waals surface area contributed by atoms with Crippen molar-refractivity contribution in [3.63, 3.8) is 0 Å². The number of aromatic nitrogens is 5. The van der Waals surface area contributed by atoms with Crippen molar-refractivity contribution in [1.82, 2.24) is 25.2 Å². The summed E-state index contributed by atoms with van der Waals surface area (Å²) in [5.41, 5.74) is 6.33. The molecule has 1 unspecified atom stereocenters. The fourth-order valence-electron chi connectivity index (χ4n) is 2.26. The first-order chi connectivity index (χ1) is 13.3. The van der Waals surface area contributed by atoms with Crippen LogP contribution in [0, 0.1) is 5.82 Å². The highest BCUT2D eigenvalue weighted by molar-refractivity contribution is 9.10. The van der Waals surface area contributed by atoms with E-state index in [9.17, 15) is 9.18 Å². The van der Waals surface area contributed by atoms with Crippen LogP contribution in [-0.2, 0) is 11.3 Å². The minimum atomic E-state index is -1.00. The molecule has 0 bridgehead atoms. The fourth-order valence-corrected chi connectivity index (χ4v) is 2.94. The Kier molecular flexibility index (Phi) is 6.17. The normalized spacial score (nSPS) is 12.0. The third-order valence-electron chi connectivity index (χ3n) is 3.46. The quantitative estimate of drug-likeness (QED) is 0.538. The van der Waals surface area contributed by atoms with Gasteiger partial charge in [-0.1, -0.05) is 11.6 Å². The number of carboxylic acids is 1. The number of pyridine rings is 1. The molecule has 0 fully saturated rings. The van der Waals surface area contributed by atoms with E-state index in [1.54, 1.807) is 18.2 Å². The summed E-state index contributed by atoms with van der Waals surface area (Å²) >= 11 is 9.05. The number of hydrogen-bond acceptors (Lipinski definition) is 7. The highest BCUT2D eigenvalue weighted by Crippen LogP contribution is 2.32. The highest BCUT2D eigenvalue weighted by atomic mass is 79.9. The topological polar surface area (TPSA) is 129 Å². The van der Waals surface area contributed by atoms with Crippen LogP contribution in [0.4, 0.5) is 4.39 Å². The van der Waals surface area contributed by atoms with Crippen LogP contribution >= 0.6 is 27.5 Å². The van der Waals surface area contributed by atoms with Crippen molar-refractivity contribution in [1.29, 1.82) is 0 Å². The number of rotatable bonds is 7. The van der Waals surface area contributed by atoms with Crippen LogP contribution in [0.2, 0.25) is 5.02 Å². The van der Waals surface area contributed by atoms with Crippen molar-refractivity contribution in [2.24, 2.45) is 5.73 Å². The molecule has 12 heteroatoms. The molecule has 0 radical (unpaired) electrons. The van der Waals surface area contributed by atoms with Gasteiger partial charge in [0.2, 0.25) is 5.82 Å². The Bertz CT molecular complexity index is 1020. The number of carbonyl (C=O) groups is 1. The zero-order chi connectivity index (χ0) is 20.3.